The zero-order valence-corrected chi connectivity index (χ0v) is 13.5. The van der Waals surface area contributed by atoms with Crippen LogP contribution in [0.3, 0.4) is 0 Å². The molecule has 1 aromatic rings. The van der Waals surface area contributed by atoms with Gasteiger partial charge in [0, 0.05) is 23.1 Å². The highest BCUT2D eigenvalue weighted by molar-refractivity contribution is 9.10. The summed E-state index contributed by atoms with van der Waals surface area (Å²) in [7, 11) is 0. The number of benzene rings is 1. The Labute approximate surface area is 129 Å². The molecule has 19 heavy (non-hydrogen) atoms. The van der Waals surface area contributed by atoms with Gasteiger partial charge in [-0.15, -0.1) is 12.4 Å². The quantitative estimate of drug-likeness (QED) is 0.894. The molecule has 2 N–H and O–H groups in total. The van der Waals surface area contributed by atoms with Gasteiger partial charge in [-0.25, -0.2) is 0 Å². The van der Waals surface area contributed by atoms with E-state index >= 15 is 0 Å². The third-order valence-electron chi connectivity index (χ3n) is 3.56. The van der Waals surface area contributed by atoms with Crippen molar-refractivity contribution in [1.82, 2.24) is 4.90 Å². The first-order chi connectivity index (χ1) is 8.61. The Hall–Kier alpha value is -0.580. The summed E-state index contributed by atoms with van der Waals surface area (Å²) in [5.74, 6) is 0.574. The maximum atomic E-state index is 12.4. The van der Waals surface area contributed by atoms with Crippen LogP contribution in [0.2, 0.25) is 0 Å². The summed E-state index contributed by atoms with van der Waals surface area (Å²) in [6, 6.07) is 5.78. The number of amides is 1. The van der Waals surface area contributed by atoms with Gasteiger partial charge in [0.25, 0.3) is 5.91 Å². The fourth-order valence-corrected chi connectivity index (χ4v) is 2.73. The second kappa shape index (κ2) is 7.27. The molecule has 1 unspecified atom stereocenters. The summed E-state index contributed by atoms with van der Waals surface area (Å²) in [5, 5.41) is 0. The SMILES string of the molecule is Cc1ccc(C(=O)N2CCCC(CN)C2)cc1Br.Cl. The number of likely N-dealkylation sites (tertiary alicyclic amines) is 1. The van der Waals surface area contributed by atoms with Gasteiger partial charge >= 0.3 is 0 Å². The van der Waals surface area contributed by atoms with E-state index in [1.807, 2.05) is 30.0 Å². The van der Waals surface area contributed by atoms with Crippen molar-refractivity contribution in [3.8, 4) is 0 Å². The number of nitrogens with two attached hydrogens (primary N) is 1. The molecule has 2 rings (SSSR count). The molecule has 0 radical (unpaired) electrons. The number of piperidine rings is 1. The average molecular weight is 348 g/mol. The molecule has 0 aliphatic carbocycles. The van der Waals surface area contributed by atoms with Gasteiger partial charge in [0.1, 0.15) is 0 Å². The van der Waals surface area contributed by atoms with Crippen molar-refractivity contribution in [1.29, 1.82) is 0 Å². The largest absolute Gasteiger partial charge is 0.338 e. The Balaban J connectivity index is 0.00000180. The molecule has 106 valence electrons. The number of hydrogen-bond acceptors (Lipinski definition) is 2. The van der Waals surface area contributed by atoms with Gasteiger partial charge < -0.3 is 10.6 Å². The van der Waals surface area contributed by atoms with E-state index in [2.05, 4.69) is 15.9 Å². The molecular formula is C14H20BrClN2O. The van der Waals surface area contributed by atoms with Crippen molar-refractivity contribution in [3.63, 3.8) is 0 Å². The summed E-state index contributed by atoms with van der Waals surface area (Å²) in [5.41, 5.74) is 7.60. The lowest BCUT2D eigenvalue weighted by molar-refractivity contribution is 0.0678. The highest BCUT2D eigenvalue weighted by Crippen LogP contribution is 2.21. The molecule has 1 amide bonds. The number of rotatable bonds is 2. The van der Waals surface area contributed by atoms with Crippen LogP contribution in [0.1, 0.15) is 28.8 Å². The maximum absolute atomic E-state index is 12.4. The third kappa shape index (κ3) is 3.94. The molecule has 1 heterocycles. The second-order valence-corrected chi connectivity index (χ2v) is 5.81. The van der Waals surface area contributed by atoms with E-state index in [9.17, 15) is 4.79 Å². The predicted molar refractivity (Wildman–Crippen MR) is 83.8 cm³/mol. The van der Waals surface area contributed by atoms with Gasteiger partial charge in [-0.3, -0.25) is 4.79 Å². The number of carbonyl (C=O) groups is 1. The summed E-state index contributed by atoms with van der Waals surface area (Å²) < 4.78 is 0.987. The van der Waals surface area contributed by atoms with Crippen LogP contribution in [-0.4, -0.2) is 30.4 Å². The van der Waals surface area contributed by atoms with Crippen molar-refractivity contribution in [2.45, 2.75) is 19.8 Å². The van der Waals surface area contributed by atoms with Crippen LogP contribution in [-0.2, 0) is 0 Å². The number of carbonyl (C=O) groups excluding carboxylic acids is 1. The van der Waals surface area contributed by atoms with E-state index < -0.39 is 0 Å². The minimum absolute atomic E-state index is 0. The summed E-state index contributed by atoms with van der Waals surface area (Å²) in [6.07, 6.45) is 2.19. The molecule has 1 saturated heterocycles. The third-order valence-corrected chi connectivity index (χ3v) is 4.41. The Morgan fingerprint density at radius 1 is 1.53 bits per heavy atom. The van der Waals surface area contributed by atoms with E-state index in [0.717, 1.165) is 41.5 Å². The van der Waals surface area contributed by atoms with E-state index in [-0.39, 0.29) is 18.3 Å². The molecule has 1 aromatic carbocycles. The van der Waals surface area contributed by atoms with Crippen molar-refractivity contribution in [2.75, 3.05) is 19.6 Å². The number of hydrogen-bond donors (Lipinski definition) is 1. The van der Waals surface area contributed by atoms with Gasteiger partial charge in [-0.1, -0.05) is 22.0 Å². The second-order valence-electron chi connectivity index (χ2n) is 4.96. The highest BCUT2D eigenvalue weighted by Gasteiger charge is 2.23. The average Bonchev–Trinajstić information content (AvgIpc) is 2.41. The monoisotopic (exact) mass is 346 g/mol. The summed E-state index contributed by atoms with van der Waals surface area (Å²) in [6.45, 7) is 4.33. The lowest BCUT2D eigenvalue weighted by atomic mass is 9.97. The number of aryl methyl sites for hydroxylation is 1. The van der Waals surface area contributed by atoms with Crippen LogP contribution in [0.25, 0.3) is 0 Å². The Morgan fingerprint density at radius 2 is 2.26 bits per heavy atom. The normalized spacial score (nSPS) is 18.9. The van der Waals surface area contributed by atoms with E-state index in [1.165, 1.54) is 0 Å². The molecule has 1 fully saturated rings. The molecule has 0 bridgehead atoms. The van der Waals surface area contributed by atoms with Gasteiger partial charge in [-0.05, 0) is 49.9 Å². The molecule has 0 aromatic heterocycles. The summed E-state index contributed by atoms with van der Waals surface area (Å²) in [4.78, 5) is 14.3. The first kappa shape index (κ1) is 16.5. The van der Waals surface area contributed by atoms with E-state index in [1.54, 1.807) is 0 Å². The van der Waals surface area contributed by atoms with Gasteiger partial charge in [0.15, 0.2) is 0 Å². The smallest absolute Gasteiger partial charge is 0.253 e. The van der Waals surface area contributed by atoms with E-state index in [4.69, 9.17) is 5.73 Å². The molecule has 5 heteroatoms. The van der Waals surface area contributed by atoms with Crippen LogP contribution >= 0.6 is 28.3 Å². The fraction of sp³-hybridized carbons (Fsp3) is 0.500. The van der Waals surface area contributed by atoms with Crippen molar-refractivity contribution in [2.24, 2.45) is 11.7 Å². The van der Waals surface area contributed by atoms with Crippen LogP contribution in [0.5, 0.6) is 0 Å². The van der Waals surface area contributed by atoms with Crippen LogP contribution in [0, 0.1) is 12.8 Å². The van der Waals surface area contributed by atoms with Gasteiger partial charge in [-0.2, -0.15) is 0 Å². The Kier molecular flexibility index (Phi) is 6.30. The van der Waals surface area contributed by atoms with Crippen molar-refractivity contribution in [3.05, 3.63) is 33.8 Å². The minimum atomic E-state index is 0. The fourth-order valence-electron chi connectivity index (χ4n) is 2.35. The zero-order chi connectivity index (χ0) is 13.1. The van der Waals surface area contributed by atoms with E-state index in [0.29, 0.717) is 12.5 Å². The van der Waals surface area contributed by atoms with Crippen LogP contribution in [0.15, 0.2) is 22.7 Å². The summed E-state index contributed by atoms with van der Waals surface area (Å²) >= 11 is 3.47. The lowest BCUT2D eigenvalue weighted by Gasteiger charge is -2.32. The molecule has 1 aliphatic heterocycles. The molecule has 1 atom stereocenters. The lowest BCUT2D eigenvalue weighted by Crippen LogP contribution is -2.42. The Morgan fingerprint density at radius 3 is 2.89 bits per heavy atom. The standard InChI is InChI=1S/C14H19BrN2O.ClH/c1-10-4-5-12(7-13(10)15)14(18)17-6-2-3-11(8-16)9-17;/h4-5,7,11H,2-3,6,8-9,16H2,1H3;1H. The molecule has 0 saturated carbocycles. The van der Waals surface area contributed by atoms with Crippen LogP contribution in [0.4, 0.5) is 0 Å². The predicted octanol–water partition coefficient (Wildman–Crippen LogP) is 2.99. The molecule has 1 aliphatic rings. The number of nitrogens with zero attached hydrogens (tertiary/aromatic N) is 1. The number of halogens is 2. The highest BCUT2D eigenvalue weighted by atomic mass is 79.9. The molecular weight excluding hydrogens is 328 g/mol. The first-order valence-electron chi connectivity index (χ1n) is 6.37. The topological polar surface area (TPSA) is 46.3 Å². The van der Waals surface area contributed by atoms with Gasteiger partial charge in [0.05, 0.1) is 0 Å². The maximum Gasteiger partial charge on any atom is 0.253 e. The van der Waals surface area contributed by atoms with Gasteiger partial charge in [0.2, 0.25) is 0 Å². The van der Waals surface area contributed by atoms with Crippen LogP contribution < -0.4 is 5.73 Å². The minimum Gasteiger partial charge on any atom is -0.338 e. The molecule has 0 spiro atoms. The van der Waals surface area contributed by atoms with Crippen molar-refractivity contribution < 1.29 is 4.79 Å². The Bertz CT molecular complexity index is 453. The van der Waals surface area contributed by atoms with Crippen molar-refractivity contribution >= 4 is 34.2 Å². The first-order valence-corrected chi connectivity index (χ1v) is 7.16. The zero-order valence-electron chi connectivity index (χ0n) is 11.1. The molecule has 3 nitrogen and oxygen atoms in total.